The molecule has 3 heteroatoms. The fraction of sp³-hybridized carbons (Fsp3) is 0.133. The fourth-order valence-corrected chi connectivity index (χ4v) is 2.72. The molecule has 1 aliphatic rings. The first-order chi connectivity index (χ1) is 8.66. The maximum absolute atomic E-state index is 11.7. The highest BCUT2D eigenvalue weighted by atomic mass is 35.5. The van der Waals surface area contributed by atoms with Gasteiger partial charge >= 0.3 is 0 Å². The number of hydrogen-bond acceptors (Lipinski definition) is 1. The zero-order valence-corrected chi connectivity index (χ0v) is 11.1. The molecule has 2 aromatic rings. The molecule has 0 spiro atoms. The molecule has 1 aliphatic carbocycles. The molecule has 0 atom stereocenters. The maximum atomic E-state index is 11.7. The molecule has 0 saturated carbocycles. The summed E-state index contributed by atoms with van der Waals surface area (Å²) in [6.45, 7) is 0. The van der Waals surface area contributed by atoms with E-state index in [-0.39, 0.29) is 5.78 Å². The summed E-state index contributed by atoms with van der Waals surface area (Å²) in [4.78, 5) is 11.7. The van der Waals surface area contributed by atoms with E-state index in [1.54, 1.807) is 6.07 Å². The van der Waals surface area contributed by atoms with Crippen LogP contribution in [0.1, 0.15) is 22.3 Å². The van der Waals surface area contributed by atoms with E-state index in [1.165, 1.54) is 0 Å². The van der Waals surface area contributed by atoms with Crippen LogP contribution in [0.5, 0.6) is 0 Å². The third-order valence-electron chi connectivity index (χ3n) is 3.31. The van der Waals surface area contributed by atoms with Crippen LogP contribution in [0.25, 0.3) is 11.1 Å². The predicted molar refractivity (Wildman–Crippen MR) is 74.5 cm³/mol. The lowest BCUT2D eigenvalue weighted by molar-refractivity contribution is 0.0994. The van der Waals surface area contributed by atoms with Gasteiger partial charge in [-0.25, -0.2) is 0 Å². The topological polar surface area (TPSA) is 17.1 Å². The fourth-order valence-electron chi connectivity index (χ4n) is 2.42. The SMILES string of the molecule is O=C1CCc2c1cccc2-c1ccc(Cl)c(Cl)c1. The lowest BCUT2D eigenvalue weighted by Crippen LogP contribution is -1.92. The monoisotopic (exact) mass is 276 g/mol. The minimum absolute atomic E-state index is 0.229. The number of Topliss-reactive ketones (excluding diaryl/α,β-unsaturated/α-hetero) is 1. The Morgan fingerprint density at radius 1 is 0.889 bits per heavy atom. The Kier molecular flexibility index (Phi) is 2.89. The van der Waals surface area contributed by atoms with Crippen LogP contribution in [0.2, 0.25) is 10.0 Å². The molecule has 1 nitrogen and oxygen atoms in total. The van der Waals surface area contributed by atoms with E-state index in [1.807, 2.05) is 30.3 Å². The number of carbonyl (C=O) groups excluding carboxylic acids is 1. The predicted octanol–water partition coefficient (Wildman–Crippen LogP) is 4.79. The van der Waals surface area contributed by atoms with Gasteiger partial charge in [-0.1, -0.05) is 47.5 Å². The van der Waals surface area contributed by atoms with Crippen LogP contribution >= 0.6 is 23.2 Å². The zero-order valence-electron chi connectivity index (χ0n) is 9.54. The van der Waals surface area contributed by atoms with Crippen molar-refractivity contribution in [1.82, 2.24) is 0 Å². The minimum Gasteiger partial charge on any atom is -0.294 e. The molecule has 0 N–H and O–H groups in total. The molecule has 0 heterocycles. The molecular formula is C15H10Cl2O. The number of benzene rings is 2. The van der Waals surface area contributed by atoms with Gasteiger partial charge in [0.15, 0.2) is 5.78 Å². The van der Waals surface area contributed by atoms with Gasteiger partial charge in [-0.2, -0.15) is 0 Å². The Hall–Kier alpha value is -1.31. The van der Waals surface area contributed by atoms with Crippen molar-refractivity contribution in [2.45, 2.75) is 12.8 Å². The lowest BCUT2D eigenvalue weighted by Gasteiger charge is -2.08. The molecule has 0 bridgehead atoms. The molecule has 0 aromatic heterocycles. The van der Waals surface area contributed by atoms with Crippen LogP contribution in [0, 0.1) is 0 Å². The second kappa shape index (κ2) is 4.42. The molecule has 0 aliphatic heterocycles. The summed E-state index contributed by atoms with van der Waals surface area (Å²) in [7, 11) is 0. The van der Waals surface area contributed by atoms with Gasteiger partial charge < -0.3 is 0 Å². The van der Waals surface area contributed by atoms with Gasteiger partial charge in [0.25, 0.3) is 0 Å². The highest BCUT2D eigenvalue weighted by Crippen LogP contribution is 2.35. The summed E-state index contributed by atoms with van der Waals surface area (Å²) in [6, 6.07) is 11.4. The van der Waals surface area contributed by atoms with Gasteiger partial charge in [0.05, 0.1) is 10.0 Å². The summed E-state index contributed by atoms with van der Waals surface area (Å²) < 4.78 is 0. The second-order valence-corrected chi connectivity index (χ2v) is 5.20. The Morgan fingerprint density at radius 3 is 2.44 bits per heavy atom. The van der Waals surface area contributed by atoms with E-state index in [4.69, 9.17) is 23.2 Å². The summed E-state index contributed by atoms with van der Waals surface area (Å²) >= 11 is 12.0. The van der Waals surface area contributed by atoms with Crippen LogP contribution < -0.4 is 0 Å². The van der Waals surface area contributed by atoms with Crippen LogP contribution in [-0.4, -0.2) is 5.78 Å². The number of carbonyl (C=O) groups is 1. The maximum Gasteiger partial charge on any atom is 0.163 e. The van der Waals surface area contributed by atoms with Crippen molar-refractivity contribution in [1.29, 1.82) is 0 Å². The number of ketones is 1. The molecule has 18 heavy (non-hydrogen) atoms. The number of fused-ring (bicyclic) bond motifs is 1. The molecular weight excluding hydrogens is 267 g/mol. The van der Waals surface area contributed by atoms with Crippen LogP contribution in [0.3, 0.4) is 0 Å². The minimum atomic E-state index is 0.229. The number of hydrogen-bond donors (Lipinski definition) is 0. The Balaban J connectivity index is 2.18. The van der Waals surface area contributed by atoms with Gasteiger partial charge in [0.1, 0.15) is 0 Å². The first kappa shape index (κ1) is 11.8. The first-order valence-electron chi connectivity index (χ1n) is 5.77. The van der Waals surface area contributed by atoms with Gasteiger partial charge in [0, 0.05) is 12.0 Å². The summed E-state index contributed by atoms with van der Waals surface area (Å²) in [5.41, 5.74) is 4.06. The van der Waals surface area contributed by atoms with Crippen molar-refractivity contribution in [3.63, 3.8) is 0 Å². The van der Waals surface area contributed by atoms with E-state index >= 15 is 0 Å². The molecule has 90 valence electrons. The van der Waals surface area contributed by atoms with Crippen LogP contribution in [0.4, 0.5) is 0 Å². The average molecular weight is 277 g/mol. The van der Waals surface area contributed by atoms with Crippen molar-refractivity contribution in [2.75, 3.05) is 0 Å². The summed E-state index contributed by atoms with van der Waals surface area (Å²) in [5.74, 6) is 0.229. The Labute approximate surface area is 115 Å². The lowest BCUT2D eigenvalue weighted by atomic mass is 9.97. The van der Waals surface area contributed by atoms with E-state index in [0.29, 0.717) is 16.5 Å². The Bertz CT molecular complexity index is 647. The summed E-state index contributed by atoms with van der Waals surface area (Å²) in [6.07, 6.45) is 1.41. The molecule has 0 amide bonds. The second-order valence-electron chi connectivity index (χ2n) is 4.38. The molecule has 0 radical (unpaired) electrons. The van der Waals surface area contributed by atoms with Crippen molar-refractivity contribution in [3.05, 3.63) is 57.6 Å². The Morgan fingerprint density at radius 2 is 1.67 bits per heavy atom. The first-order valence-corrected chi connectivity index (χ1v) is 6.53. The van der Waals surface area contributed by atoms with Crippen molar-refractivity contribution in [2.24, 2.45) is 0 Å². The largest absolute Gasteiger partial charge is 0.294 e. The van der Waals surface area contributed by atoms with Gasteiger partial charge in [0.2, 0.25) is 0 Å². The molecule has 3 rings (SSSR count). The zero-order chi connectivity index (χ0) is 12.7. The third kappa shape index (κ3) is 1.84. The van der Waals surface area contributed by atoms with Gasteiger partial charge in [-0.3, -0.25) is 4.79 Å². The molecule has 0 saturated heterocycles. The summed E-state index contributed by atoms with van der Waals surface area (Å²) in [5, 5.41) is 1.08. The van der Waals surface area contributed by atoms with E-state index in [9.17, 15) is 4.79 Å². The molecule has 2 aromatic carbocycles. The highest BCUT2D eigenvalue weighted by molar-refractivity contribution is 6.42. The van der Waals surface area contributed by atoms with Crippen LogP contribution in [0.15, 0.2) is 36.4 Å². The normalized spacial score (nSPS) is 13.8. The molecule has 0 unspecified atom stereocenters. The standard InChI is InChI=1S/C15H10Cl2O/c16-13-6-4-9(8-14(13)17)10-2-1-3-12-11(10)5-7-15(12)18/h1-4,6,8H,5,7H2. The van der Waals surface area contributed by atoms with E-state index in [0.717, 1.165) is 28.7 Å². The van der Waals surface area contributed by atoms with E-state index < -0.39 is 0 Å². The molecule has 0 fully saturated rings. The third-order valence-corrected chi connectivity index (χ3v) is 4.05. The average Bonchev–Trinajstić information content (AvgIpc) is 2.75. The highest BCUT2D eigenvalue weighted by Gasteiger charge is 2.22. The van der Waals surface area contributed by atoms with Crippen molar-refractivity contribution in [3.8, 4) is 11.1 Å². The number of rotatable bonds is 1. The van der Waals surface area contributed by atoms with Crippen LogP contribution in [-0.2, 0) is 6.42 Å². The van der Waals surface area contributed by atoms with Crippen molar-refractivity contribution >= 4 is 29.0 Å². The quantitative estimate of drug-likeness (QED) is 0.732. The van der Waals surface area contributed by atoms with Gasteiger partial charge in [-0.05, 0) is 35.2 Å². The van der Waals surface area contributed by atoms with Crippen molar-refractivity contribution < 1.29 is 4.79 Å². The smallest absolute Gasteiger partial charge is 0.163 e. The number of halogens is 2. The van der Waals surface area contributed by atoms with E-state index in [2.05, 4.69) is 0 Å². The van der Waals surface area contributed by atoms with Gasteiger partial charge in [-0.15, -0.1) is 0 Å².